The molecule has 0 fully saturated rings. The summed E-state index contributed by atoms with van der Waals surface area (Å²) in [4.78, 5) is 0. The molecule has 0 aliphatic rings. The molecule has 21 heavy (non-hydrogen) atoms. The maximum absolute atomic E-state index is 13.7. The third-order valence-corrected chi connectivity index (χ3v) is 20.0. The van der Waals surface area contributed by atoms with Crippen molar-refractivity contribution < 1.29 is 8.78 Å². The fourth-order valence-electron chi connectivity index (χ4n) is 3.21. The quantitative estimate of drug-likeness (QED) is 0.419. The summed E-state index contributed by atoms with van der Waals surface area (Å²) in [7, 11) is 0. The van der Waals surface area contributed by atoms with Crippen LogP contribution in [0.5, 0.6) is 0 Å². The van der Waals surface area contributed by atoms with Crippen molar-refractivity contribution in [2.24, 2.45) is 0 Å². The first-order valence-electron chi connectivity index (χ1n) is 8.54. The Morgan fingerprint density at radius 2 is 1.10 bits per heavy atom. The van der Waals surface area contributed by atoms with E-state index < -0.39 is 30.0 Å². The van der Waals surface area contributed by atoms with Gasteiger partial charge in [0, 0.05) is 0 Å². The first-order valence-corrected chi connectivity index (χ1v) is 16.0. The van der Waals surface area contributed by atoms with Gasteiger partial charge < -0.3 is 0 Å². The van der Waals surface area contributed by atoms with E-state index in [2.05, 4.69) is 20.8 Å². The van der Waals surface area contributed by atoms with Gasteiger partial charge in [-0.1, -0.05) is 0 Å². The molecule has 0 saturated carbocycles. The topological polar surface area (TPSA) is 0 Å². The van der Waals surface area contributed by atoms with Gasteiger partial charge in [0.15, 0.2) is 0 Å². The average molecular weight is 403 g/mol. The average Bonchev–Trinajstić information content (AvgIpc) is 2.46. The third kappa shape index (κ3) is 5.88. The summed E-state index contributed by atoms with van der Waals surface area (Å²) in [6, 6.07) is 4.32. The van der Waals surface area contributed by atoms with Crippen LogP contribution in [0.2, 0.25) is 13.3 Å². The Hall–Kier alpha value is -0.121. The number of halogens is 2. The summed E-state index contributed by atoms with van der Waals surface area (Å²) < 4.78 is 32.2. The number of hydrogen-bond acceptors (Lipinski definition) is 0. The zero-order chi connectivity index (χ0) is 15.7. The second-order valence-electron chi connectivity index (χ2n) is 6.25. The third-order valence-electron chi connectivity index (χ3n) is 4.50. The molecule has 0 heterocycles. The Kier molecular flexibility index (Phi) is 8.84. The van der Waals surface area contributed by atoms with E-state index in [-0.39, 0.29) is 0 Å². The van der Waals surface area contributed by atoms with E-state index in [9.17, 15) is 8.78 Å². The second-order valence-corrected chi connectivity index (χ2v) is 19.5. The molecule has 0 N–H and O–H groups in total. The predicted molar refractivity (Wildman–Crippen MR) is 90.9 cm³/mol. The van der Waals surface area contributed by atoms with Crippen LogP contribution in [0.1, 0.15) is 59.3 Å². The summed E-state index contributed by atoms with van der Waals surface area (Å²) in [6.07, 6.45) is 7.16. The summed E-state index contributed by atoms with van der Waals surface area (Å²) >= 11 is -2.66. The molecule has 0 radical (unpaired) electrons. The maximum atomic E-state index is 13.7. The Morgan fingerprint density at radius 1 is 0.714 bits per heavy atom. The fraction of sp³-hybridized carbons (Fsp3) is 0.667. The number of hydrogen-bond donors (Lipinski definition) is 0. The molecule has 1 aromatic carbocycles. The van der Waals surface area contributed by atoms with Crippen LogP contribution < -0.4 is 3.58 Å². The molecule has 3 heteroatoms. The van der Waals surface area contributed by atoms with E-state index in [0.29, 0.717) is 0 Å². The van der Waals surface area contributed by atoms with Gasteiger partial charge in [-0.2, -0.15) is 0 Å². The SMILES string of the molecule is CCC[CH2][Sn]([CH2]CCC)([CH2]CCC)[c]1cc(F)cc(F)c1. The molecule has 0 aromatic heterocycles. The zero-order valence-corrected chi connectivity index (χ0v) is 16.7. The molecule has 0 spiro atoms. The van der Waals surface area contributed by atoms with E-state index in [4.69, 9.17) is 0 Å². The zero-order valence-electron chi connectivity index (χ0n) is 13.9. The fourth-order valence-corrected chi connectivity index (χ4v) is 19.2. The van der Waals surface area contributed by atoms with Crippen LogP contribution >= 0.6 is 0 Å². The van der Waals surface area contributed by atoms with E-state index in [0.717, 1.165) is 9.65 Å². The van der Waals surface area contributed by atoms with Gasteiger partial charge in [0.25, 0.3) is 0 Å². The van der Waals surface area contributed by atoms with E-state index in [1.54, 1.807) is 12.1 Å². The first-order chi connectivity index (χ1) is 10.1. The number of benzene rings is 1. The molecule has 0 nitrogen and oxygen atoms in total. The van der Waals surface area contributed by atoms with Gasteiger partial charge in [-0.05, 0) is 0 Å². The summed E-state index contributed by atoms with van der Waals surface area (Å²) in [6.45, 7) is 6.63. The molecule has 0 atom stereocenters. The Labute approximate surface area is 133 Å². The Morgan fingerprint density at radius 3 is 1.43 bits per heavy atom. The summed E-state index contributed by atoms with van der Waals surface area (Å²) in [5.74, 6) is -0.786. The van der Waals surface area contributed by atoms with Crippen molar-refractivity contribution in [2.45, 2.75) is 72.6 Å². The minimum absolute atomic E-state index is 0.393. The van der Waals surface area contributed by atoms with Crippen molar-refractivity contribution in [1.29, 1.82) is 0 Å². The van der Waals surface area contributed by atoms with Crippen molar-refractivity contribution in [3.63, 3.8) is 0 Å². The van der Waals surface area contributed by atoms with Crippen LogP contribution in [0, 0.1) is 11.6 Å². The van der Waals surface area contributed by atoms with Gasteiger partial charge in [-0.25, -0.2) is 0 Å². The number of unbranched alkanes of at least 4 members (excludes halogenated alkanes) is 3. The molecule has 1 rings (SSSR count). The molecule has 0 amide bonds. The van der Waals surface area contributed by atoms with Crippen LogP contribution in [0.15, 0.2) is 18.2 Å². The summed E-state index contributed by atoms with van der Waals surface area (Å²) in [5, 5.41) is 0. The van der Waals surface area contributed by atoms with Crippen molar-refractivity contribution in [2.75, 3.05) is 0 Å². The molecule has 1 aromatic rings. The normalized spacial score (nSPS) is 11.9. The van der Waals surface area contributed by atoms with Crippen LogP contribution in [-0.2, 0) is 0 Å². The summed E-state index contributed by atoms with van der Waals surface area (Å²) in [5.41, 5.74) is 0. The van der Waals surface area contributed by atoms with Gasteiger partial charge in [0.2, 0.25) is 0 Å². The van der Waals surface area contributed by atoms with Gasteiger partial charge in [-0.3, -0.25) is 0 Å². The van der Waals surface area contributed by atoms with E-state index >= 15 is 0 Å². The second kappa shape index (κ2) is 9.81. The monoisotopic (exact) mass is 404 g/mol. The molecule has 0 saturated heterocycles. The molecule has 0 aliphatic carbocycles. The van der Waals surface area contributed by atoms with Crippen LogP contribution in [-0.4, -0.2) is 18.4 Å². The van der Waals surface area contributed by atoms with Crippen LogP contribution in [0.25, 0.3) is 0 Å². The standard InChI is InChI=1S/C6H3F2.3C4H9.Sn/c7-5-2-1-3-6(8)4-5;3*1-3-4-2;/h2-4H;3*1,3-4H2,2H3;. The predicted octanol–water partition coefficient (Wildman–Crippen LogP) is 6.02. The molecular formula is C18H30F2Sn. The van der Waals surface area contributed by atoms with Crippen LogP contribution in [0.4, 0.5) is 8.78 Å². The van der Waals surface area contributed by atoms with E-state index in [1.165, 1.54) is 51.8 Å². The van der Waals surface area contributed by atoms with Gasteiger partial charge in [-0.15, -0.1) is 0 Å². The van der Waals surface area contributed by atoms with Gasteiger partial charge in [0.1, 0.15) is 0 Å². The van der Waals surface area contributed by atoms with Crippen LogP contribution in [0.3, 0.4) is 0 Å². The molecule has 0 unspecified atom stereocenters. The van der Waals surface area contributed by atoms with Crippen molar-refractivity contribution in [1.82, 2.24) is 0 Å². The Bertz CT molecular complexity index is 376. The number of rotatable bonds is 10. The van der Waals surface area contributed by atoms with Gasteiger partial charge in [0.05, 0.1) is 0 Å². The minimum atomic E-state index is -2.66. The van der Waals surface area contributed by atoms with Crippen molar-refractivity contribution in [3.05, 3.63) is 29.8 Å². The van der Waals surface area contributed by atoms with Gasteiger partial charge >= 0.3 is 133 Å². The van der Waals surface area contributed by atoms with Crippen molar-refractivity contribution >= 4 is 22.0 Å². The van der Waals surface area contributed by atoms with E-state index in [1.807, 2.05) is 0 Å². The van der Waals surface area contributed by atoms with Crippen molar-refractivity contribution in [3.8, 4) is 0 Å². The molecule has 0 aliphatic heterocycles. The first kappa shape index (κ1) is 18.9. The molecule has 120 valence electrons. The Balaban J connectivity index is 3.15. The molecule has 0 bridgehead atoms. The molecular weight excluding hydrogens is 373 g/mol.